The molecular formula is C15H19NS. The van der Waals surface area contributed by atoms with Gasteiger partial charge >= 0.3 is 0 Å². The molecule has 1 aromatic heterocycles. The Hall–Kier alpha value is -1.12. The Kier molecular flexibility index (Phi) is 3.97. The van der Waals surface area contributed by atoms with Gasteiger partial charge in [0.2, 0.25) is 0 Å². The largest absolute Gasteiger partial charge is 0.305 e. The fraction of sp³-hybridized carbons (Fsp3) is 0.333. The highest BCUT2D eigenvalue weighted by Gasteiger charge is 2.07. The average molecular weight is 245 g/mol. The Bertz CT molecular complexity index is 487. The van der Waals surface area contributed by atoms with Crippen LogP contribution < -0.4 is 5.32 Å². The Labute approximate surface area is 108 Å². The molecule has 0 saturated carbocycles. The van der Waals surface area contributed by atoms with Gasteiger partial charge in [-0.05, 0) is 44.0 Å². The second kappa shape index (κ2) is 5.48. The normalized spacial score (nSPS) is 12.6. The summed E-state index contributed by atoms with van der Waals surface area (Å²) in [7, 11) is 0. The van der Waals surface area contributed by atoms with Crippen molar-refractivity contribution in [3.05, 3.63) is 57.3 Å². The van der Waals surface area contributed by atoms with Crippen molar-refractivity contribution in [3.63, 3.8) is 0 Å². The first-order valence-corrected chi connectivity index (χ1v) is 6.82. The van der Waals surface area contributed by atoms with E-state index in [4.69, 9.17) is 0 Å². The summed E-state index contributed by atoms with van der Waals surface area (Å²) in [5.41, 5.74) is 2.75. The molecule has 0 saturated heterocycles. The van der Waals surface area contributed by atoms with E-state index in [0.717, 1.165) is 6.54 Å². The van der Waals surface area contributed by atoms with E-state index >= 15 is 0 Å². The number of thiophene rings is 1. The number of hydrogen-bond acceptors (Lipinski definition) is 2. The summed E-state index contributed by atoms with van der Waals surface area (Å²) >= 11 is 1.87. The predicted octanol–water partition coefficient (Wildman–Crippen LogP) is 4.22. The van der Waals surface area contributed by atoms with Crippen LogP contribution in [0.25, 0.3) is 0 Å². The molecule has 1 atom stereocenters. The average Bonchev–Trinajstić information content (AvgIpc) is 2.73. The van der Waals surface area contributed by atoms with Crippen LogP contribution in [-0.4, -0.2) is 0 Å². The maximum atomic E-state index is 3.58. The number of benzene rings is 1. The third kappa shape index (κ3) is 3.18. The van der Waals surface area contributed by atoms with Gasteiger partial charge in [0.25, 0.3) is 0 Å². The van der Waals surface area contributed by atoms with Crippen molar-refractivity contribution in [2.24, 2.45) is 0 Å². The van der Waals surface area contributed by atoms with Gasteiger partial charge in [-0.25, -0.2) is 0 Å². The number of hydrogen-bond donors (Lipinski definition) is 1. The van der Waals surface area contributed by atoms with Crippen LogP contribution in [0.5, 0.6) is 0 Å². The SMILES string of the molecule is Cc1ccc(CNC(C)c2ccccc2C)s1. The lowest BCUT2D eigenvalue weighted by atomic mass is 10.0. The molecule has 0 fully saturated rings. The van der Waals surface area contributed by atoms with Crippen molar-refractivity contribution in [1.82, 2.24) is 5.32 Å². The minimum absolute atomic E-state index is 0.401. The van der Waals surface area contributed by atoms with Crippen molar-refractivity contribution in [3.8, 4) is 0 Å². The van der Waals surface area contributed by atoms with Gasteiger partial charge < -0.3 is 5.32 Å². The maximum absolute atomic E-state index is 3.58. The third-order valence-corrected chi connectivity index (χ3v) is 4.03. The van der Waals surface area contributed by atoms with E-state index in [9.17, 15) is 0 Å². The van der Waals surface area contributed by atoms with Crippen molar-refractivity contribution >= 4 is 11.3 Å². The summed E-state index contributed by atoms with van der Waals surface area (Å²) in [5, 5.41) is 3.58. The molecule has 2 heteroatoms. The number of aryl methyl sites for hydroxylation is 2. The predicted molar refractivity (Wildman–Crippen MR) is 75.5 cm³/mol. The van der Waals surface area contributed by atoms with Crippen LogP contribution in [0.3, 0.4) is 0 Å². The van der Waals surface area contributed by atoms with Crippen molar-refractivity contribution < 1.29 is 0 Å². The van der Waals surface area contributed by atoms with Gasteiger partial charge in [0.1, 0.15) is 0 Å². The fourth-order valence-electron chi connectivity index (χ4n) is 2.02. The second-order valence-electron chi connectivity index (χ2n) is 4.47. The minimum Gasteiger partial charge on any atom is -0.305 e. The van der Waals surface area contributed by atoms with E-state index in [0.29, 0.717) is 6.04 Å². The maximum Gasteiger partial charge on any atom is 0.0305 e. The van der Waals surface area contributed by atoms with E-state index in [1.165, 1.54) is 20.9 Å². The molecule has 2 rings (SSSR count). The zero-order valence-electron chi connectivity index (χ0n) is 10.7. The zero-order chi connectivity index (χ0) is 12.3. The lowest BCUT2D eigenvalue weighted by Gasteiger charge is -2.15. The molecule has 1 N–H and O–H groups in total. The van der Waals surface area contributed by atoms with Gasteiger partial charge in [0.15, 0.2) is 0 Å². The molecule has 17 heavy (non-hydrogen) atoms. The molecule has 0 aliphatic rings. The lowest BCUT2D eigenvalue weighted by Crippen LogP contribution is -2.18. The second-order valence-corrected chi connectivity index (χ2v) is 5.84. The fourth-order valence-corrected chi connectivity index (χ4v) is 2.86. The summed E-state index contributed by atoms with van der Waals surface area (Å²) in [6.07, 6.45) is 0. The van der Waals surface area contributed by atoms with E-state index in [1.807, 2.05) is 11.3 Å². The van der Waals surface area contributed by atoms with E-state index in [2.05, 4.69) is 62.5 Å². The molecule has 0 aliphatic heterocycles. The highest BCUT2D eigenvalue weighted by molar-refractivity contribution is 7.11. The molecule has 1 aromatic carbocycles. The highest BCUT2D eigenvalue weighted by atomic mass is 32.1. The Morgan fingerprint density at radius 2 is 1.88 bits per heavy atom. The monoisotopic (exact) mass is 245 g/mol. The molecule has 2 aromatic rings. The summed E-state index contributed by atoms with van der Waals surface area (Å²) in [6, 6.07) is 13.4. The topological polar surface area (TPSA) is 12.0 Å². The smallest absolute Gasteiger partial charge is 0.0305 e. The summed E-state index contributed by atoms with van der Waals surface area (Å²) in [4.78, 5) is 2.79. The molecule has 0 spiro atoms. The molecule has 1 heterocycles. The van der Waals surface area contributed by atoms with Crippen molar-refractivity contribution in [2.45, 2.75) is 33.4 Å². The molecule has 0 radical (unpaired) electrons. The van der Waals surface area contributed by atoms with E-state index < -0.39 is 0 Å². The number of rotatable bonds is 4. The summed E-state index contributed by atoms with van der Waals surface area (Å²) in [5.74, 6) is 0. The molecular weight excluding hydrogens is 226 g/mol. The first-order valence-electron chi connectivity index (χ1n) is 6.01. The van der Waals surface area contributed by atoms with Gasteiger partial charge in [-0.15, -0.1) is 11.3 Å². The number of nitrogens with one attached hydrogen (secondary N) is 1. The first kappa shape index (κ1) is 12.3. The third-order valence-electron chi connectivity index (χ3n) is 3.03. The van der Waals surface area contributed by atoms with Crippen LogP contribution in [0.2, 0.25) is 0 Å². The van der Waals surface area contributed by atoms with Crippen molar-refractivity contribution in [1.29, 1.82) is 0 Å². The van der Waals surface area contributed by atoms with Crippen LogP contribution in [0.4, 0.5) is 0 Å². The zero-order valence-corrected chi connectivity index (χ0v) is 11.5. The Morgan fingerprint density at radius 3 is 2.53 bits per heavy atom. The van der Waals surface area contributed by atoms with Crippen molar-refractivity contribution in [2.75, 3.05) is 0 Å². The van der Waals surface area contributed by atoms with Crippen LogP contribution in [0, 0.1) is 13.8 Å². The molecule has 90 valence electrons. The Balaban J connectivity index is 1.98. The standard InChI is InChI=1S/C15H19NS/c1-11-6-4-5-7-15(11)13(3)16-10-14-9-8-12(2)17-14/h4-9,13,16H,10H2,1-3H3. The molecule has 1 unspecified atom stereocenters. The van der Waals surface area contributed by atoms with Crippen LogP contribution >= 0.6 is 11.3 Å². The Morgan fingerprint density at radius 1 is 1.12 bits per heavy atom. The van der Waals surface area contributed by atoms with Crippen LogP contribution in [0.1, 0.15) is 33.8 Å². The summed E-state index contributed by atoms with van der Waals surface area (Å²) in [6.45, 7) is 7.50. The van der Waals surface area contributed by atoms with Crippen LogP contribution in [0.15, 0.2) is 36.4 Å². The van der Waals surface area contributed by atoms with Gasteiger partial charge in [0, 0.05) is 22.3 Å². The van der Waals surface area contributed by atoms with E-state index in [-0.39, 0.29) is 0 Å². The molecule has 0 bridgehead atoms. The van der Waals surface area contributed by atoms with E-state index in [1.54, 1.807) is 0 Å². The minimum atomic E-state index is 0.401. The van der Waals surface area contributed by atoms with Gasteiger partial charge in [0.05, 0.1) is 0 Å². The summed E-state index contributed by atoms with van der Waals surface area (Å²) < 4.78 is 0. The molecule has 1 nitrogen and oxygen atoms in total. The molecule has 0 aliphatic carbocycles. The molecule has 0 amide bonds. The van der Waals surface area contributed by atoms with Gasteiger partial charge in [-0.2, -0.15) is 0 Å². The quantitative estimate of drug-likeness (QED) is 0.850. The lowest BCUT2D eigenvalue weighted by molar-refractivity contribution is 0.576. The van der Waals surface area contributed by atoms with Gasteiger partial charge in [-0.1, -0.05) is 24.3 Å². The van der Waals surface area contributed by atoms with Gasteiger partial charge in [-0.3, -0.25) is 0 Å². The highest BCUT2D eigenvalue weighted by Crippen LogP contribution is 2.19. The first-order chi connectivity index (χ1) is 8.16. The van der Waals surface area contributed by atoms with Crippen LogP contribution in [-0.2, 0) is 6.54 Å².